The van der Waals surface area contributed by atoms with Gasteiger partial charge in [-0.2, -0.15) is 10.2 Å². The van der Waals surface area contributed by atoms with E-state index < -0.39 is 0 Å². The number of fused-ring (bicyclic) bond motifs is 4. The highest BCUT2D eigenvalue weighted by Gasteiger charge is 2.33. The highest BCUT2D eigenvalue weighted by Crippen LogP contribution is 2.46. The minimum absolute atomic E-state index is 0.133. The summed E-state index contributed by atoms with van der Waals surface area (Å²) in [5, 5.41) is 13.8. The number of rotatable bonds is 14. The Morgan fingerprint density at radius 3 is 2.35 bits per heavy atom. The molecule has 332 valence electrons. The Balaban J connectivity index is 1.08. The van der Waals surface area contributed by atoms with Crippen molar-refractivity contribution in [1.29, 1.82) is 0 Å². The Morgan fingerprint density at radius 2 is 1.62 bits per heavy atom. The first-order valence-corrected chi connectivity index (χ1v) is 23.1. The third kappa shape index (κ3) is 8.37. The van der Waals surface area contributed by atoms with Crippen LogP contribution in [0.15, 0.2) is 55.0 Å². The van der Waals surface area contributed by atoms with Crippen LogP contribution in [0.5, 0.6) is 5.75 Å². The molecule has 1 saturated heterocycles. The van der Waals surface area contributed by atoms with Crippen molar-refractivity contribution in [2.45, 2.75) is 73.1 Å². The molecule has 2 aliphatic rings. The smallest absolute Gasteiger partial charge is 0.181 e. The number of methoxy groups -OCH3 is 1. The van der Waals surface area contributed by atoms with Crippen molar-refractivity contribution in [3.63, 3.8) is 0 Å². The third-order valence-electron chi connectivity index (χ3n) is 13.4. The topological polar surface area (TPSA) is 86.6 Å². The standard InChI is InChI=1S/C49H60Cl2N10O2/c1-31-24-37(25-32(2)47(31)51)63-22-9-10-38-39-12-13-41(50)46(45-34(4)53-56(7)35(45)5)48(39)61-33(3)27-59(29-44(38)61)43-28-58(21-23-62-8)42-14-11-36(26-40(42)43)49-52-30-60(54-49)20-19-57-17-15-55(6)16-18-57/h11-14,24-26,28,30,33H,9-10,15-23,27,29H2,1-8H3/t33-/m1/s1. The SMILES string of the molecule is COCCn1cc(N2Cc3c(CCCOc4cc(C)c(Cl)c(C)c4)c4ccc(Cl)c(-c5c(C)nn(C)c5C)c4n3[C@H](C)C2)c2cc(-c3ncn(CCN4CCN(C)CC4)n3)ccc21. The molecule has 0 N–H and O–H groups in total. The third-order valence-corrected chi connectivity index (χ3v) is 14.3. The van der Waals surface area contributed by atoms with Gasteiger partial charge in [0.15, 0.2) is 5.82 Å². The van der Waals surface area contributed by atoms with Crippen LogP contribution in [-0.2, 0) is 37.8 Å². The van der Waals surface area contributed by atoms with Crippen molar-refractivity contribution in [1.82, 2.24) is 43.5 Å². The van der Waals surface area contributed by atoms with Crippen molar-refractivity contribution in [3.8, 4) is 28.3 Å². The molecule has 63 heavy (non-hydrogen) atoms. The Hall–Kier alpha value is -4.85. The van der Waals surface area contributed by atoms with Gasteiger partial charge in [0.2, 0.25) is 0 Å². The van der Waals surface area contributed by atoms with Gasteiger partial charge in [-0.1, -0.05) is 29.3 Å². The molecule has 9 rings (SSSR count). The molecule has 1 atom stereocenters. The zero-order valence-electron chi connectivity index (χ0n) is 38.0. The summed E-state index contributed by atoms with van der Waals surface area (Å²) in [5.41, 5.74) is 13.5. The maximum atomic E-state index is 7.26. The molecule has 6 heterocycles. The minimum Gasteiger partial charge on any atom is -0.494 e. The first kappa shape index (κ1) is 43.4. The number of likely N-dealkylation sites (N-methyl/N-ethyl adjacent to an activating group) is 1. The van der Waals surface area contributed by atoms with Gasteiger partial charge in [0, 0.05) is 116 Å². The molecule has 1 fully saturated rings. The highest BCUT2D eigenvalue weighted by molar-refractivity contribution is 6.35. The Bertz CT molecular complexity index is 2770. The van der Waals surface area contributed by atoms with Gasteiger partial charge in [-0.25, -0.2) is 4.98 Å². The lowest BCUT2D eigenvalue weighted by atomic mass is 9.98. The fraction of sp³-hybridized carbons (Fsp3) is 0.449. The van der Waals surface area contributed by atoms with E-state index in [1.165, 1.54) is 38.8 Å². The highest BCUT2D eigenvalue weighted by atomic mass is 35.5. The van der Waals surface area contributed by atoms with Crippen molar-refractivity contribution in [3.05, 3.63) is 98.8 Å². The number of nitrogens with zero attached hydrogens (tertiary/aromatic N) is 10. The van der Waals surface area contributed by atoms with Crippen LogP contribution >= 0.6 is 23.2 Å². The average molecular weight is 892 g/mol. The summed E-state index contributed by atoms with van der Waals surface area (Å²) < 4.78 is 20.8. The molecule has 0 aliphatic carbocycles. The monoisotopic (exact) mass is 890 g/mol. The summed E-state index contributed by atoms with van der Waals surface area (Å²) in [7, 11) is 5.97. The molecule has 4 aromatic heterocycles. The number of aryl methyl sites for hydroxylation is 5. The lowest BCUT2D eigenvalue weighted by Gasteiger charge is -2.36. The van der Waals surface area contributed by atoms with E-state index in [1.807, 2.05) is 48.7 Å². The number of piperazine rings is 1. The van der Waals surface area contributed by atoms with E-state index in [4.69, 9.17) is 47.9 Å². The number of anilines is 1. The van der Waals surface area contributed by atoms with Gasteiger partial charge in [0.1, 0.15) is 12.1 Å². The summed E-state index contributed by atoms with van der Waals surface area (Å²) in [6.45, 7) is 20.3. The van der Waals surface area contributed by atoms with Crippen LogP contribution < -0.4 is 9.64 Å². The fourth-order valence-corrected chi connectivity index (χ4v) is 10.3. The predicted octanol–water partition coefficient (Wildman–Crippen LogP) is 9.28. The maximum Gasteiger partial charge on any atom is 0.181 e. The molecule has 7 aromatic rings. The molecule has 0 amide bonds. The summed E-state index contributed by atoms with van der Waals surface area (Å²) in [4.78, 5) is 12.3. The van der Waals surface area contributed by atoms with Crippen LogP contribution in [0.4, 0.5) is 5.69 Å². The van der Waals surface area contributed by atoms with Gasteiger partial charge in [-0.15, -0.1) is 0 Å². The normalized spacial score (nSPS) is 16.2. The number of aromatic nitrogens is 7. The Labute approximate surface area is 380 Å². The van der Waals surface area contributed by atoms with Crippen LogP contribution in [-0.4, -0.2) is 110 Å². The average Bonchev–Trinajstić information content (AvgIpc) is 4.03. The van der Waals surface area contributed by atoms with Crippen LogP contribution in [0.2, 0.25) is 10.0 Å². The molecule has 0 saturated carbocycles. The van der Waals surface area contributed by atoms with E-state index in [-0.39, 0.29) is 6.04 Å². The lowest BCUT2D eigenvalue weighted by molar-refractivity contribution is 0.149. The van der Waals surface area contributed by atoms with E-state index in [2.05, 4.69) is 88.2 Å². The van der Waals surface area contributed by atoms with Crippen LogP contribution in [0.1, 0.15) is 53.2 Å². The van der Waals surface area contributed by atoms with Crippen LogP contribution in [0, 0.1) is 27.7 Å². The second kappa shape index (κ2) is 18.0. The van der Waals surface area contributed by atoms with Gasteiger partial charge in [-0.05, 0) is 108 Å². The van der Waals surface area contributed by atoms with Crippen LogP contribution in [0.25, 0.3) is 44.3 Å². The molecule has 12 nitrogen and oxygen atoms in total. The minimum atomic E-state index is 0.133. The number of benzene rings is 3. The number of hydrogen-bond acceptors (Lipinski definition) is 8. The first-order valence-electron chi connectivity index (χ1n) is 22.3. The van der Waals surface area contributed by atoms with Gasteiger partial charge in [0.25, 0.3) is 0 Å². The molecule has 0 bridgehead atoms. The number of halogens is 2. The van der Waals surface area contributed by atoms with E-state index in [9.17, 15) is 0 Å². The van der Waals surface area contributed by atoms with Crippen molar-refractivity contribution < 1.29 is 9.47 Å². The number of hydrogen-bond donors (Lipinski definition) is 0. The number of ether oxygens (including phenoxy) is 2. The van der Waals surface area contributed by atoms with E-state index in [0.29, 0.717) is 13.2 Å². The fourth-order valence-electron chi connectivity index (χ4n) is 9.96. The molecule has 0 spiro atoms. The second-order valence-corrected chi connectivity index (χ2v) is 18.5. The molecular weight excluding hydrogens is 832 g/mol. The maximum absolute atomic E-state index is 7.26. The molecular formula is C49H60Cl2N10O2. The van der Waals surface area contributed by atoms with Crippen LogP contribution in [0.3, 0.4) is 0 Å². The van der Waals surface area contributed by atoms with E-state index in [1.54, 1.807) is 7.11 Å². The molecule has 3 aromatic carbocycles. The Morgan fingerprint density at radius 1 is 0.841 bits per heavy atom. The lowest BCUT2D eigenvalue weighted by Crippen LogP contribution is -2.45. The molecule has 14 heteroatoms. The largest absolute Gasteiger partial charge is 0.494 e. The summed E-state index contributed by atoms with van der Waals surface area (Å²) in [5.74, 6) is 1.60. The summed E-state index contributed by atoms with van der Waals surface area (Å²) in [6.07, 6.45) is 5.89. The van der Waals surface area contributed by atoms with Gasteiger partial charge < -0.3 is 28.4 Å². The summed E-state index contributed by atoms with van der Waals surface area (Å²) >= 11 is 13.8. The van der Waals surface area contributed by atoms with Gasteiger partial charge in [-0.3, -0.25) is 14.3 Å². The molecule has 0 unspecified atom stereocenters. The first-order chi connectivity index (χ1) is 30.4. The van der Waals surface area contributed by atoms with E-state index in [0.717, 1.165) is 133 Å². The van der Waals surface area contributed by atoms with Gasteiger partial charge >= 0.3 is 0 Å². The predicted molar refractivity (Wildman–Crippen MR) is 256 cm³/mol. The van der Waals surface area contributed by atoms with Crippen molar-refractivity contribution >= 4 is 50.7 Å². The Kier molecular flexibility index (Phi) is 12.4. The zero-order chi connectivity index (χ0) is 44.1. The zero-order valence-corrected chi connectivity index (χ0v) is 39.5. The van der Waals surface area contributed by atoms with E-state index >= 15 is 0 Å². The van der Waals surface area contributed by atoms with Gasteiger partial charge in [0.05, 0.1) is 53.7 Å². The molecule has 0 radical (unpaired) electrons. The quantitative estimate of drug-likeness (QED) is 0.100. The summed E-state index contributed by atoms with van der Waals surface area (Å²) in [6, 6.07) is 15.2. The molecule has 2 aliphatic heterocycles. The van der Waals surface area contributed by atoms with Crippen molar-refractivity contribution in [2.24, 2.45) is 7.05 Å². The van der Waals surface area contributed by atoms with Crippen molar-refractivity contribution in [2.75, 3.05) is 71.5 Å². The second-order valence-electron chi connectivity index (χ2n) is 17.7.